The largest absolute Gasteiger partial charge is 0.457 e. The molecule has 10 rings (SSSR count). The Kier molecular flexibility index (Phi) is 10.2. The topological polar surface area (TPSA) is 33.5 Å². The van der Waals surface area contributed by atoms with Crippen molar-refractivity contribution >= 4 is 38.9 Å². The molecule has 0 amide bonds. The van der Waals surface area contributed by atoms with E-state index in [9.17, 15) is 0 Å². The molecule has 8 aromatic rings. The summed E-state index contributed by atoms with van der Waals surface area (Å²) in [6.45, 7) is 14.7. The second-order valence-corrected chi connectivity index (χ2v) is 18.7. The number of rotatable bonds is 10. The van der Waals surface area contributed by atoms with Gasteiger partial charge in [0.2, 0.25) is 0 Å². The Morgan fingerprint density at radius 1 is 0.581 bits per heavy atom. The van der Waals surface area contributed by atoms with Gasteiger partial charge in [0, 0.05) is 47.3 Å². The number of ether oxygens (including phenoxy) is 1. The molecule has 1 aliphatic heterocycles. The zero-order valence-corrected chi connectivity index (χ0v) is 37.3. The van der Waals surface area contributed by atoms with Gasteiger partial charge in [0.15, 0.2) is 0 Å². The molecule has 1 aliphatic carbocycles. The van der Waals surface area contributed by atoms with E-state index in [-0.39, 0.29) is 5.41 Å². The first kappa shape index (κ1) is 39.8. The van der Waals surface area contributed by atoms with Crippen molar-refractivity contribution in [3.8, 4) is 28.4 Å². The number of nitrogens with zero attached hydrogens (tertiary/aromatic N) is 4. The predicted molar refractivity (Wildman–Crippen MR) is 260 cm³/mol. The van der Waals surface area contributed by atoms with Gasteiger partial charge in [0.1, 0.15) is 17.3 Å². The molecule has 0 bridgehead atoms. The normalized spacial score (nSPS) is 14.9. The minimum atomic E-state index is -0.0145. The van der Waals surface area contributed by atoms with Gasteiger partial charge in [-0.05, 0) is 124 Å². The van der Waals surface area contributed by atoms with Crippen LogP contribution in [0, 0.1) is 0 Å². The molecule has 1 fully saturated rings. The Hall–Kier alpha value is -6.33. The van der Waals surface area contributed by atoms with E-state index in [1.165, 1.54) is 73.9 Å². The maximum Gasteiger partial charge on any atom is 0.137 e. The van der Waals surface area contributed by atoms with Crippen LogP contribution in [0.1, 0.15) is 113 Å². The van der Waals surface area contributed by atoms with Crippen molar-refractivity contribution in [3.05, 3.63) is 174 Å². The lowest BCUT2D eigenvalue weighted by molar-refractivity contribution is 0.483. The first-order chi connectivity index (χ1) is 30.1. The van der Waals surface area contributed by atoms with Crippen LogP contribution in [-0.2, 0) is 5.41 Å². The Labute approximate surface area is 367 Å². The zero-order chi connectivity index (χ0) is 42.7. The number of hydrogen-bond acceptors (Lipinski definition) is 4. The number of para-hydroxylation sites is 3. The van der Waals surface area contributed by atoms with Gasteiger partial charge in [0.25, 0.3) is 0 Å². The molecule has 0 N–H and O–H groups in total. The summed E-state index contributed by atoms with van der Waals surface area (Å²) >= 11 is 0. The molecule has 3 heterocycles. The molecule has 5 heteroatoms. The molecule has 0 atom stereocenters. The van der Waals surface area contributed by atoms with Gasteiger partial charge in [-0.2, -0.15) is 0 Å². The van der Waals surface area contributed by atoms with E-state index in [2.05, 4.69) is 202 Å². The van der Waals surface area contributed by atoms with Crippen molar-refractivity contribution in [2.75, 3.05) is 23.5 Å². The third-order valence-corrected chi connectivity index (χ3v) is 13.8. The van der Waals surface area contributed by atoms with Gasteiger partial charge in [-0.3, -0.25) is 4.57 Å². The van der Waals surface area contributed by atoms with Gasteiger partial charge >= 0.3 is 0 Å². The van der Waals surface area contributed by atoms with Crippen LogP contribution < -0.4 is 14.5 Å². The van der Waals surface area contributed by atoms with Crippen LogP contribution in [0.15, 0.2) is 146 Å². The highest BCUT2D eigenvalue weighted by Gasteiger charge is 2.37. The van der Waals surface area contributed by atoms with Crippen molar-refractivity contribution in [2.24, 2.45) is 0 Å². The van der Waals surface area contributed by atoms with Gasteiger partial charge in [-0.15, -0.1) is 0 Å². The van der Waals surface area contributed by atoms with Crippen LogP contribution in [0.4, 0.5) is 17.1 Å². The maximum absolute atomic E-state index is 7.12. The van der Waals surface area contributed by atoms with Gasteiger partial charge in [-0.25, -0.2) is 4.98 Å². The fourth-order valence-electron chi connectivity index (χ4n) is 10.5. The van der Waals surface area contributed by atoms with E-state index in [0.29, 0.717) is 17.8 Å². The number of benzene rings is 6. The standard InChI is InChI=1S/C57H58N4O/c1-37(2)40-31-49(38(3)4)56(50(32-40)39(5)6)41-29-44(60-36-59(7)52-21-13-14-22-53(52)60)34-46(30-41)62-45-23-24-48-47-19-11-12-20-51(47)61(54(48)35-45)55-33-43(25-28-58-55)57(26-15-16-27-57)42-17-9-8-10-18-42/h8-14,17-25,28-35,37-39H,15-16,26-27,36H2,1-7H3. The SMILES string of the molecule is CC(C)c1cc(C(C)C)c(-c2cc(Oc3ccc4c5ccccc5n(-c5cc(C6(c7ccccc7)CCCC6)ccn5)c4c3)cc(N3CN(C)c4ccccc43)c2)c(C(C)C)c1. The summed E-state index contributed by atoms with van der Waals surface area (Å²) in [6.07, 6.45) is 6.76. The monoisotopic (exact) mass is 814 g/mol. The van der Waals surface area contributed by atoms with E-state index >= 15 is 0 Å². The summed E-state index contributed by atoms with van der Waals surface area (Å²) < 4.78 is 9.46. The fraction of sp³-hybridized carbons (Fsp3) is 0.281. The van der Waals surface area contributed by atoms with Gasteiger partial charge < -0.3 is 14.5 Å². The molecule has 0 radical (unpaired) electrons. The Balaban J connectivity index is 1.13. The van der Waals surface area contributed by atoms with Crippen LogP contribution in [-0.4, -0.2) is 23.3 Å². The van der Waals surface area contributed by atoms with Crippen molar-refractivity contribution in [1.29, 1.82) is 0 Å². The van der Waals surface area contributed by atoms with Crippen molar-refractivity contribution < 1.29 is 4.74 Å². The number of pyridine rings is 1. The van der Waals surface area contributed by atoms with Crippen LogP contribution in [0.2, 0.25) is 0 Å². The molecular weight excluding hydrogens is 757 g/mol. The molecule has 2 aromatic heterocycles. The Morgan fingerprint density at radius 3 is 1.98 bits per heavy atom. The lowest BCUT2D eigenvalue weighted by Gasteiger charge is -2.31. The Morgan fingerprint density at radius 2 is 1.26 bits per heavy atom. The summed E-state index contributed by atoms with van der Waals surface area (Å²) in [6, 6.07) is 51.5. The summed E-state index contributed by atoms with van der Waals surface area (Å²) in [5.41, 5.74) is 15.1. The zero-order valence-electron chi connectivity index (χ0n) is 37.3. The molecule has 62 heavy (non-hydrogen) atoms. The summed E-state index contributed by atoms with van der Waals surface area (Å²) in [4.78, 5) is 9.84. The fourth-order valence-corrected chi connectivity index (χ4v) is 10.5. The van der Waals surface area contributed by atoms with Crippen LogP contribution in [0.25, 0.3) is 38.8 Å². The molecular formula is C57H58N4O. The molecule has 2 aliphatic rings. The van der Waals surface area contributed by atoms with Gasteiger partial charge in [-0.1, -0.05) is 127 Å². The highest BCUT2D eigenvalue weighted by molar-refractivity contribution is 6.09. The maximum atomic E-state index is 7.12. The summed E-state index contributed by atoms with van der Waals surface area (Å²) in [5, 5.41) is 2.38. The first-order valence-electron chi connectivity index (χ1n) is 22.7. The van der Waals surface area contributed by atoms with E-state index in [1.54, 1.807) is 0 Å². The highest BCUT2D eigenvalue weighted by atomic mass is 16.5. The number of aromatic nitrogens is 2. The van der Waals surface area contributed by atoms with E-state index in [4.69, 9.17) is 9.72 Å². The first-order valence-corrected chi connectivity index (χ1v) is 22.7. The van der Waals surface area contributed by atoms with Crippen LogP contribution in [0.5, 0.6) is 11.5 Å². The molecule has 0 spiro atoms. The number of hydrogen-bond donors (Lipinski definition) is 0. The minimum absolute atomic E-state index is 0.0145. The average molecular weight is 815 g/mol. The van der Waals surface area contributed by atoms with E-state index < -0.39 is 0 Å². The van der Waals surface area contributed by atoms with Crippen LogP contribution >= 0.6 is 0 Å². The summed E-state index contributed by atoms with van der Waals surface area (Å²) in [5.74, 6) is 3.67. The molecule has 312 valence electrons. The second kappa shape index (κ2) is 15.9. The third-order valence-electron chi connectivity index (χ3n) is 13.8. The van der Waals surface area contributed by atoms with E-state index in [1.807, 2.05) is 6.20 Å². The molecule has 5 nitrogen and oxygen atoms in total. The average Bonchev–Trinajstić information content (AvgIpc) is 4.01. The minimum Gasteiger partial charge on any atom is -0.457 e. The van der Waals surface area contributed by atoms with Crippen LogP contribution in [0.3, 0.4) is 0 Å². The molecule has 6 aromatic carbocycles. The van der Waals surface area contributed by atoms with E-state index in [0.717, 1.165) is 53.5 Å². The summed E-state index contributed by atoms with van der Waals surface area (Å²) in [7, 11) is 2.17. The quantitative estimate of drug-likeness (QED) is 0.138. The predicted octanol–water partition coefficient (Wildman–Crippen LogP) is 15.4. The van der Waals surface area contributed by atoms with Crippen molar-refractivity contribution in [1.82, 2.24) is 9.55 Å². The number of fused-ring (bicyclic) bond motifs is 4. The number of anilines is 3. The van der Waals surface area contributed by atoms with Gasteiger partial charge in [0.05, 0.1) is 29.1 Å². The molecule has 0 unspecified atom stereocenters. The Bertz CT molecular complexity index is 2910. The second-order valence-electron chi connectivity index (χ2n) is 18.7. The smallest absolute Gasteiger partial charge is 0.137 e. The third kappa shape index (κ3) is 6.83. The molecule has 0 saturated heterocycles. The lowest BCUT2D eigenvalue weighted by atomic mass is 9.73. The van der Waals surface area contributed by atoms with Crippen molar-refractivity contribution in [2.45, 2.75) is 90.4 Å². The lowest BCUT2D eigenvalue weighted by Crippen LogP contribution is -2.24. The molecule has 1 saturated carbocycles. The highest BCUT2D eigenvalue weighted by Crippen LogP contribution is 2.48. The van der Waals surface area contributed by atoms with Crippen molar-refractivity contribution in [3.63, 3.8) is 0 Å².